The van der Waals surface area contributed by atoms with E-state index in [0.717, 1.165) is 5.56 Å². The molecule has 3 heterocycles. The average molecular weight is 365 g/mol. The maximum absolute atomic E-state index is 12.8. The molecule has 4 rings (SSSR count). The van der Waals surface area contributed by atoms with Crippen LogP contribution in [0.2, 0.25) is 0 Å². The van der Waals surface area contributed by atoms with Crippen LogP contribution in [0.15, 0.2) is 58.0 Å². The van der Waals surface area contributed by atoms with Crippen molar-refractivity contribution in [2.24, 2.45) is 0 Å². The summed E-state index contributed by atoms with van der Waals surface area (Å²) in [5.41, 5.74) is 0.817. The van der Waals surface area contributed by atoms with Crippen molar-refractivity contribution >= 4 is 5.91 Å². The minimum atomic E-state index is -0.297. The Balaban J connectivity index is 1.59. The number of hydrogen-bond donors (Lipinski definition) is 0. The quantitative estimate of drug-likeness (QED) is 0.693. The highest BCUT2D eigenvalue weighted by Crippen LogP contribution is 2.39. The maximum atomic E-state index is 12.8. The number of nitrogens with zero attached hydrogens (tertiary/aromatic N) is 5. The van der Waals surface area contributed by atoms with E-state index in [9.17, 15) is 9.59 Å². The van der Waals surface area contributed by atoms with Crippen molar-refractivity contribution in [3.05, 3.63) is 76.3 Å². The van der Waals surface area contributed by atoms with Crippen LogP contribution < -0.4 is 5.56 Å². The molecule has 0 saturated carbocycles. The number of aromatic nitrogens is 4. The van der Waals surface area contributed by atoms with E-state index in [2.05, 4.69) is 15.2 Å². The summed E-state index contributed by atoms with van der Waals surface area (Å²) in [5, 5.41) is 7.86. The second-order valence-corrected chi connectivity index (χ2v) is 6.62. The van der Waals surface area contributed by atoms with Crippen molar-refractivity contribution in [2.75, 3.05) is 13.1 Å². The second-order valence-electron chi connectivity index (χ2n) is 6.62. The monoisotopic (exact) mass is 365 g/mol. The van der Waals surface area contributed by atoms with Gasteiger partial charge in [0.2, 0.25) is 11.8 Å². The Kier molecular flexibility index (Phi) is 4.53. The zero-order valence-electron chi connectivity index (χ0n) is 14.9. The summed E-state index contributed by atoms with van der Waals surface area (Å²) in [6, 6.07) is 12.9. The third kappa shape index (κ3) is 3.51. The first-order valence-electron chi connectivity index (χ1n) is 8.77. The Labute approximate surface area is 155 Å². The first kappa shape index (κ1) is 17.1. The zero-order chi connectivity index (χ0) is 18.8. The van der Waals surface area contributed by atoms with Gasteiger partial charge < -0.3 is 9.42 Å². The van der Waals surface area contributed by atoms with Crippen molar-refractivity contribution < 1.29 is 9.32 Å². The molecule has 0 N–H and O–H groups in total. The third-order valence-corrected chi connectivity index (χ3v) is 4.83. The van der Waals surface area contributed by atoms with Crippen LogP contribution in [-0.4, -0.2) is 43.8 Å². The van der Waals surface area contributed by atoms with E-state index in [1.54, 1.807) is 17.9 Å². The van der Waals surface area contributed by atoms with Crippen LogP contribution in [0.1, 0.15) is 29.1 Å². The van der Waals surface area contributed by atoms with Crippen molar-refractivity contribution in [2.45, 2.75) is 25.3 Å². The van der Waals surface area contributed by atoms with Gasteiger partial charge in [-0.15, -0.1) is 0 Å². The first-order chi connectivity index (χ1) is 13.1. The summed E-state index contributed by atoms with van der Waals surface area (Å²) in [5.74, 6) is 0.914. The highest BCUT2D eigenvalue weighted by Gasteiger charge is 2.40. The molecular formula is C19H19N5O3. The lowest BCUT2D eigenvalue weighted by Gasteiger charge is -2.16. The van der Waals surface area contributed by atoms with Gasteiger partial charge in [0.15, 0.2) is 5.82 Å². The molecule has 8 heteroatoms. The van der Waals surface area contributed by atoms with Gasteiger partial charge in [-0.3, -0.25) is 9.59 Å². The molecule has 2 atom stereocenters. The molecule has 1 aromatic carbocycles. The fourth-order valence-corrected chi connectivity index (χ4v) is 3.49. The predicted octanol–water partition coefficient (Wildman–Crippen LogP) is 1.34. The fourth-order valence-electron chi connectivity index (χ4n) is 3.49. The van der Waals surface area contributed by atoms with Crippen LogP contribution >= 0.6 is 0 Å². The van der Waals surface area contributed by atoms with Crippen LogP contribution in [0.25, 0.3) is 0 Å². The van der Waals surface area contributed by atoms with Crippen LogP contribution in [0, 0.1) is 6.92 Å². The fraction of sp³-hybridized carbons (Fsp3) is 0.316. The van der Waals surface area contributed by atoms with E-state index in [-0.39, 0.29) is 29.8 Å². The summed E-state index contributed by atoms with van der Waals surface area (Å²) < 4.78 is 6.57. The van der Waals surface area contributed by atoms with Crippen molar-refractivity contribution in [1.82, 2.24) is 24.8 Å². The molecule has 1 aliphatic rings. The van der Waals surface area contributed by atoms with Gasteiger partial charge in [-0.2, -0.15) is 10.1 Å². The average Bonchev–Trinajstić information content (AvgIpc) is 3.31. The standard InChI is InChI=1S/C19H19N5O3/c1-13-21-19(27-22-13)16-11-23(10-15(16)14-6-3-2-4-7-14)18(26)12-24-17(25)8-5-9-20-24/h2-9,15-16H,10-12H2,1H3. The molecule has 0 aliphatic carbocycles. The predicted molar refractivity (Wildman–Crippen MR) is 96.0 cm³/mol. The van der Waals surface area contributed by atoms with Gasteiger partial charge in [-0.05, 0) is 18.6 Å². The molecule has 8 nitrogen and oxygen atoms in total. The molecule has 1 amide bonds. The normalized spacial score (nSPS) is 19.4. The number of likely N-dealkylation sites (tertiary alicyclic amines) is 1. The minimum Gasteiger partial charge on any atom is -0.340 e. The molecule has 138 valence electrons. The number of rotatable bonds is 4. The summed E-state index contributed by atoms with van der Waals surface area (Å²) in [4.78, 5) is 30.7. The van der Waals surface area contributed by atoms with Crippen LogP contribution in [-0.2, 0) is 11.3 Å². The van der Waals surface area contributed by atoms with Gasteiger partial charge in [0.25, 0.3) is 5.56 Å². The van der Waals surface area contributed by atoms with Gasteiger partial charge in [0, 0.05) is 31.3 Å². The smallest absolute Gasteiger partial charge is 0.267 e. The number of hydrogen-bond acceptors (Lipinski definition) is 6. The van der Waals surface area contributed by atoms with Gasteiger partial charge in [-0.25, -0.2) is 4.68 Å². The summed E-state index contributed by atoms with van der Waals surface area (Å²) in [7, 11) is 0. The third-order valence-electron chi connectivity index (χ3n) is 4.83. The number of benzene rings is 1. The lowest BCUT2D eigenvalue weighted by Crippen LogP contribution is -2.35. The van der Waals surface area contributed by atoms with Gasteiger partial charge in [0.05, 0.1) is 5.92 Å². The van der Waals surface area contributed by atoms with Crippen LogP contribution in [0.4, 0.5) is 0 Å². The summed E-state index contributed by atoms with van der Waals surface area (Å²) in [6.45, 7) is 2.67. The van der Waals surface area contributed by atoms with E-state index in [4.69, 9.17) is 4.52 Å². The molecule has 1 fully saturated rings. The Bertz CT molecular complexity index is 998. The number of amides is 1. The Morgan fingerprint density at radius 1 is 1.15 bits per heavy atom. The van der Waals surface area contributed by atoms with Crippen molar-refractivity contribution in [3.63, 3.8) is 0 Å². The summed E-state index contributed by atoms with van der Waals surface area (Å²) in [6.07, 6.45) is 1.50. The topological polar surface area (TPSA) is 94.1 Å². The lowest BCUT2D eigenvalue weighted by molar-refractivity contribution is -0.131. The van der Waals surface area contributed by atoms with E-state index in [0.29, 0.717) is 24.8 Å². The first-order valence-corrected chi connectivity index (χ1v) is 8.77. The maximum Gasteiger partial charge on any atom is 0.267 e. The van der Waals surface area contributed by atoms with E-state index >= 15 is 0 Å². The number of carbonyl (C=O) groups excluding carboxylic acids is 1. The second kappa shape index (κ2) is 7.14. The van der Waals surface area contributed by atoms with E-state index in [1.165, 1.54) is 16.9 Å². The van der Waals surface area contributed by atoms with Gasteiger partial charge in [-0.1, -0.05) is 35.5 Å². The molecule has 2 unspecified atom stereocenters. The molecule has 0 spiro atoms. The molecule has 1 aliphatic heterocycles. The van der Waals surface area contributed by atoms with Crippen LogP contribution in [0.5, 0.6) is 0 Å². The van der Waals surface area contributed by atoms with Gasteiger partial charge in [0.1, 0.15) is 6.54 Å². The molecule has 3 aromatic rings. The molecular weight excluding hydrogens is 346 g/mol. The SMILES string of the molecule is Cc1noc(C2CN(C(=O)Cn3ncccc3=O)CC2c2ccccc2)n1. The largest absolute Gasteiger partial charge is 0.340 e. The van der Waals surface area contributed by atoms with E-state index < -0.39 is 0 Å². The molecule has 27 heavy (non-hydrogen) atoms. The highest BCUT2D eigenvalue weighted by atomic mass is 16.5. The lowest BCUT2D eigenvalue weighted by atomic mass is 9.89. The zero-order valence-corrected chi connectivity index (χ0v) is 14.9. The molecule has 0 radical (unpaired) electrons. The van der Waals surface area contributed by atoms with Crippen molar-refractivity contribution in [1.29, 1.82) is 0 Å². The van der Waals surface area contributed by atoms with Crippen molar-refractivity contribution in [3.8, 4) is 0 Å². The Morgan fingerprint density at radius 2 is 1.93 bits per heavy atom. The van der Waals surface area contributed by atoms with Gasteiger partial charge >= 0.3 is 0 Å². The number of carbonyl (C=O) groups is 1. The summed E-state index contributed by atoms with van der Waals surface area (Å²) >= 11 is 0. The Morgan fingerprint density at radius 3 is 2.63 bits per heavy atom. The minimum absolute atomic E-state index is 0.0513. The molecule has 2 aromatic heterocycles. The van der Waals surface area contributed by atoms with Crippen LogP contribution in [0.3, 0.4) is 0 Å². The number of aryl methyl sites for hydroxylation is 1. The molecule has 1 saturated heterocycles. The molecule has 0 bridgehead atoms. The highest BCUT2D eigenvalue weighted by molar-refractivity contribution is 5.76. The van der Waals surface area contributed by atoms with E-state index in [1.807, 2.05) is 30.3 Å². The Hall–Kier alpha value is -3.29.